The standard InChI is InChI=1S/C23H22N2O2S/c1-16-7-5-8-17(13-16)27-15-22(26)25(2)23(21-11-6-12-28-21)19-14-24-20-10-4-3-9-18(19)20/h3-14,23-24H,15H2,1-2H3/t23-/m0/s1. The Balaban J connectivity index is 1.60. The molecule has 5 heteroatoms. The minimum atomic E-state index is -0.162. The SMILES string of the molecule is Cc1cccc(OCC(=O)N(C)[C@H](c2cccs2)c2c[nH]c3ccccc23)c1. The molecule has 0 unspecified atom stereocenters. The van der Waals surface area contributed by atoms with Crippen molar-refractivity contribution in [2.24, 2.45) is 0 Å². The number of hydrogen-bond acceptors (Lipinski definition) is 3. The molecular weight excluding hydrogens is 368 g/mol. The second kappa shape index (κ2) is 7.90. The number of thiophene rings is 1. The third kappa shape index (κ3) is 3.66. The Morgan fingerprint density at radius 1 is 1.14 bits per heavy atom. The molecule has 2 aromatic heterocycles. The lowest BCUT2D eigenvalue weighted by molar-refractivity contribution is -0.133. The van der Waals surface area contributed by atoms with Crippen LogP contribution in [0.5, 0.6) is 5.75 Å². The van der Waals surface area contributed by atoms with E-state index in [4.69, 9.17) is 4.74 Å². The maximum Gasteiger partial charge on any atom is 0.261 e. The van der Waals surface area contributed by atoms with Gasteiger partial charge in [-0.05, 0) is 42.1 Å². The molecule has 0 radical (unpaired) electrons. The van der Waals surface area contributed by atoms with Gasteiger partial charge in [-0.1, -0.05) is 36.4 Å². The lowest BCUT2D eigenvalue weighted by Crippen LogP contribution is -2.35. The van der Waals surface area contributed by atoms with Gasteiger partial charge in [0.15, 0.2) is 6.61 Å². The molecule has 0 aliphatic carbocycles. The van der Waals surface area contributed by atoms with Gasteiger partial charge < -0.3 is 14.6 Å². The first-order valence-corrected chi connectivity index (χ1v) is 10.1. The van der Waals surface area contributed by atoms with Gasteiger partial charge in [-0.2, -0.15) is 0 Å². The molecule has 2 aromatic carbocycles. The molecule has 1 atom stereocenters. The summed E-state index contributed by atoms with van der Waals surface area (Å²) in [5, 5.41) is 3.17. The predicted molar refractivity (Wildman–Crippen MR) is 114 cm³/mol. The highest BCUT2D eigenvalue weighted by Gasteiger charge is 2.27. The number of aromatic amines is 1. The van der Waals surface area contributed by atoms with E-state index >= 15 is 0 Å². The van der Waals surface area contributed by atoms with Gasteiger partial charge in [0.2, 0.25) is 0 Å². The van der Waals surface area contributed by atoms with Crippen molar-refractivity contribution < 1.29 is 9.53 Å². The van der Waals surface area contributed by atoms with Crippen LogP contribution >= 0.6 is 11.3 Å². The Morgan fingerprint density at radius 3 is 2.79 bits per heavy atom. The summed E-state index contributed by atoms with van der Waals surface area (Å²) in [5.41, 5.74) is 3.26. The van der Waals surface area contributed by atoms with E-state index in [1.165, 1.54) is 0 Å². The molecule has 4 aromatic rings. The van der Waals surface area contributed by atoms with E-state index in [1.807, 2.05) is 74.1 Å². The van der Waals surface area contributed by atoms with Crippen LogP contribution in [0, 0.1) is 6.92 Å². The molecule has 0 aliphatic heterocycles. The number of aromatic nitrogens is 1. The zero-order valence-electron chi connectivity index (χ0n) is 15.9. The topological polar surface area (TPSA) is 45.3 Å². The maximum atomic E-state index is 13.0. The van der Waals surface area contributed by atoms with Crippen molar-refractivity contribution >= 4 is 28.1 Å². The van der Waals surface area contributed by atoms with Crippen LogP contribution < -0.4 is 4.74 Å². The van der Waals surface area contributed by atoms with Gasteiger partial charge in [-0.15, -0.1) is 11.3 Å². The summed E-state index contributed by atoms with van der Waals surface area (Å²) in [6.45, 7) is 2.01. The summed E-state index contributed by atoms with van der Waals surface area (Å²) in [7, 11) is 1.84. The van der Waals surface area contributed by atoms with Crippen molar-refractivity contribution in [3.05, 3.63) is 88.2 Å². The molecule has 1 N–H and O–H groups in total. The molecule has 0 fully saturated rings. The van der Waals surface area contributed by atoms with Crippen LogP contribution in [0.15, 0.2) is 72.2 Å². The van der Waals surface area contributed by atoms with Crippen LogP contribution in [-0.2, 0) is 4.79 Å². The monoisotopic (exact) mass is 390 g/mol. The van der Waals surface area contributed by atoms with E-state index in [9.17, 15) is 4.79 Å². The summed E-state index contributed by atoms with van der Waals surface area (Å²) in [4.78, 5) is 19.2. The minimum absolute atomic E-state index is 0.00415. The average Bonchev–Trinajstić information content (AvgIpc) is 3.37. The molecule has 2 heterocycles. The maximum absolute atomic E-state index is 13.0. The number of ether oxygens (including phenoxy) is 1. The number of carbonyl (C=O) groups is 1. The number of benzene rings is 2. The summed E-state index contributed by atoms with van der Waals surface area (Å²) in [6, 6.07) is 19.8. The molecular formula is C23H22N2O2S. The Kier molecular flexibility index (Phi) is 5.17. The van der Waals surface area contributed by atoms with Gasteiger partial charge in [-0.3, -0.25) is 4.79 Å². The highest BCUT2D eigenvalue weighted by Crippen LogP contribution is 2.35. The van der Waals surface area contributed by atoms with Crippen LogP contribution in [0.25, 0.3) is 10.9 Å². The van der Waals surface area contributed by atoms with Crippen molar-refractivity contribution in [1.82, 2.24) is 9.88 Å². The summed E-state index contributed by atoms with van der Waals surface area (Å²) >= 11 is 1.65. The van der Waals surface area contributed by atoms with Gasteiger partial charge in [-0.25, -0.2) is 0 Å². The first-order chi connectivity index (χ1) is 13.6. The first kappa shape index (κ1) is 18.3. The summed E-state index contributed by atoms with van der Waals surface area (Å²) < 4.78 is 5.75. The quantitative estimate of drug-likeness (QED) is 0.494. The van der Waals surface area contributed by atoms with Crippen molar-refractivity contribution in [3.63, 3.8) is 0 Å². The second-order valence-electron chi connectivity index (χ2n) is 6.82. The third-order valence-corrected chi connectivity index (χ3v) is 5.79. The fourth-order valence-electron chi connectivity index (χ4n) is 3.42. The zero-order chi connectivity index (χ0) is 19.5. The number of H-pyrrole nitrogens is 1. The van der Waals surface area contributed by atoms with E-state index in [0.29, 0.717) is 5.75 Å². The first-order valence-electron chi connectivity index (χ1n) is 9.18. The number of nitrogens with zero attached hydrogens (tertiary/aromatic N) is 1. The molecule has 0 aliphatic rings. The molecule has 28 heavy (non-hydrogen) atoms. The number of nitrogens with one attached hydrogen (secondary N) is 1. The Hall–Kier alpha value is -3.05. The molecule has 4 nitrogen and oxygen atoms in total. The van der Waals surface area contributed by atoms with E-state index in [-0.39, 0.29) is 18.6 Å². The van der Waals surface area contributed by atoms with Crippen LogP contribution in [0.3, 0.4) is 0 Å². The lowest BCUT2D eigenvalue weighted by atomic mass is 10.0. The Bertz CT molecular complexity index is 1080. The molecule has 0 saturated heterocycles. The summed E-state index contributed by atoms with van der Waals surface area (Å²) in [6.07, 6.45) is 2.00. The highest BCUT2D eigenvalue weighted by molar-refractivity contribution is 7.10. The van der Waals surface area contributed by atoms with Gasteiger partial charge in [0.05, 0.1) is 6.04 Å². The van der Waals surface area contributed by atoms with Crippen molar-refractivity contribution in [2.45, 2.75) is 13.0 Å². The van der Waals surface area contributed by atoms with Crippen LogP contribution in [-0.4, -0.2) is 29.4 Å². The number of likely N-dealkylation sites (N-methyl/N-ethyl adjacent to an activating group) is 1. The largest absolute Gasteiger partial charge is 0.484 e. The van der Waals surface area contributed by atoms with E-state index in [1.54, 1.807) is 16.2 Å². The zero-order valence-corrected chi connectivity index (χ0v) is 16.7. The van der Waals surface area contributed by atoms with Crippen LogP contribution in [0.4, 0.5) is 0 Å². The van der Waals surface area contributed by atoms with E-state index in [0.717, 1.165) is 26.9 Å². The molecule has 4 rings (SSSR count). The predicted octanol–water partition coefficient (Wildman–Crippen LogP) is 5.16. The van der Waals surface area contributed by atoms with Crippen LogP contribution in [0.2, 0.25) is 0 Å². The number of aryl methyl sites for hydroxylation is 1. The number of amides is 1. The molecule has 1 amide bonds. The lowest BCUT2D eigenvalue weighted by Gasteiger charge is -2.27. The molecule has 0 bridgehead atoms. The number of carbonyl (C=O) groups excluding carboxylic acids is 1. The number of hydrogen-bond donors (Lipinski definition) is 1. The van der Waals surface area contributed by atoms with Crippen LogP contribution in [0.1, 0.15) is 22.0 Å². The molecule has 142 valence electrons. The highest BCUT2D eigenvalue weighted by atomic mass is 32.1. The van der Waals surface area contributed by atoms with Gasteiger partial charge in [0.1, 0.15) is 5.75 Å². The summed E-state index contributed by atoms with van der Waals surface area (Å²) in [5.74, 6) is 0.645. The smallest absolute Gasteiger partial charge is 0.261 e. The number of rotatable bonds is 6. The van der Waals surface area contributed by atoms with Crippen molar-refractivity contribution in [1.29, 1.82) is 0 Å². The Labute approximate surface area is 168 Å². The van der Waals surface area contributed by atoms with Crippen molar-refractivity contribution in [3.8, 4) is 5.75 Å². The van der Waals surface area contributed by atoms with Gasteiger partial charge in [0, 0.05) is 34.6 Å². The van der Waals surface area contributed by atoms with E-state index in [2.05, 4.69) is 17.1 Å². The van der Waals surface area contributed by atoms with E-state index < -0.39 is 0 Å². The normalized spacial score (nSPS) is 12.1. The molecule has 0 saturated carbocycles. The van der Waals surface area contributed by atoms with Crippen molar-refractivity contribution in [2.75, 3.05) is 13.7 Å². The fourth-order valence-corrected chi connectivity index (χ4v) is 4.30. The minimum Gasteiger partial charge on any atom is -0.484 e. The van der Waals surface area contributed by atoms with Gasteiger partial charge in [0.25, 0.3) is 5.91 Å². The average molecular weight is 391 g/mol. The second-order valence-corrected chi connectivity index (χ2v) is 7.80. The number of fused-ring (bicyclic) bond motifs is 1. The number of para-hydroxylation sites is 1. The fraction of sp³-hybridized carbons (Fsp3) is 0.174. The Morgan fingerprint density at radius 2 is 2.00 bits per heavy atom. The third-order valence-electron chi connectivity index (χ3n) is 4.86. The van der Waals surface area contributed by atoms with Gasteiger partial charge >= 0.3 is 0 Å². The molecule has 0 spiro atoms.